The molecule has 1 rings (SSSR count). The first kappa shape index (κ1) is 18.1. The van der Waals surface area contributed by atoms with E-state index in [9.17, 15) is 4.79 Å². The molecular weight excluding hydrogens is 336 g/mol. The predicted molar refractivity (Wildman–Crippen MR) is 89.0 cm³/mol. The van der Waals surface area contributed by atoms with Gasteiger partial charge in [0.05, 0.1) is 18.4 Å². The van der Waals surface area contributed by atoms with E-state index in [0.29, 0.717) is 11.0 Å². The summed E-state index contributed by atoms with van der Waals surface area (Å²) in [5, 5.41) is 7.45. The van der Waals surface area contributed by atoms with Gasteiger partial charge in [0.2, 0.25) is 0 Å². The molecule has 7 heteroatoms. The van der Waals surface area contributed by atoms with Gasteiger partial charge in [-0.15, -0.1) is 0 Å². The Kier molecular flexibility index (Phi) is 8.56. The van der Waals surface area contributed by atoms with E-state index in [1.165, 1.54) is 4.68 Å². The maximum Gasteiger partial charge on any atom is 0.283 e. The predicted octanol–water partition coefficient (Wildman–Crippen LogP) is 1.80. The van der Waals surface area contributed by atoms with E-state index < -0.39 is 0 Å². The van der Waals surface area contributed by atoms with Crippen LogP contribution in [0.4, 0.5) is 5.69 Å². The van der Waals surface area contributed by atoms with Crippen LogP contribution in [0.3, 0.4) is 0 Å². The van der Waals surface area contributed by atoms with Crippen molar-refractivity contribution in [3.05, 3.63) is 21.0 Å². The van der Waals surface area contributed by atoms with E-state index in [1.54, 1.807) is 13.3 Å². The highest BCUT2D eigenvalue weighted by atomic mass is 79.9. The van der Waals surface area contributed by atoms with Crippen molar-refractivity contribution in [1.29, 1.82) is 0 Å². The zero-order valence-electron chi connectivity index (χ0n) is 13.1. The summed E-state index contributed by atoms with van der Waals surface area (Å²) in [6, 6.07) is 0. The Morgan fingerprint density at radius 2 is 2.14 bits per heavy atom. The van der Waals surface area contributed by atoms with Crippen LogP contribution in [0.25, 0.3) is 0 Å². The Morgan fingerprint density at radius 1 is 1.38 bits per heavy atom. The summed E-state index contributed by atoms with van der Waals surface area (Å²) in [5.74, 6) is 0. The Labute approximate surface area is 134 Å². The molecule has 0 atom stereocenters. The molecule has 0 radical (unpaired) electrons. The molecule has 0 saturated heterocycles. The van der Waals surface area contributed by atoms with Crippen LogP contribution in [0.2, 0.25) is 0 Å². The number of nitrogens with one attached hydrogen (secondary N) is 1. The Hall–Kier alpha value is -0.920. The van der Waals surface area contributed by atoms with Gasteiger partial charge in [-0.1, -0.05) is 0 Å². The smallest absolute Gasteiger partial charge is 0.283 e. The van der Waals surface area contributed by atoms with Crippen molar-refractivity contribution >= 4 is 21.6 Å². The minimum atomic E-state index is -0.0961. The standard InChI is InChI=1S/C14H25BrN4O2/c1-18(2)8-9-19-14(20)13(15)12(11-17-19)16-7-5-4-6-10-21-3/h11,16H,4-10H2,1-3H3. The average Bonchev–Trinajstić information content (AvgIpc) is 2.45. The number of methoxy groups -OCH3 is 1. The summed E-state index contributed by atoms with van der Waals surface area (Å²) in [6.07, 6.45) is 4.91. The van der Waals surface area contributed by atoms with Gasteiger partial charge in [0, 0.05) is 26.8 Å². The van der Waals surface area contributed by atoms with Crippen LogP contribution >= 0.6 is 15.9 Å². The number of hydrogen-bond donors (Lipinski definition) is 1. The maximum absolute atomic E-state index is 12.2. The molecule has 1 aromatic rings. The number of likely N-dealkylation sites (N-methyl/N-ethyl adjacent to an activating group) is 1. The minimum absolute atomic E-state index is 0.0961. The highest BCUT2D eigenvalue weighted by Gasteiger charge is 2.08. The van der Waals surface area contributed by atoms with E-state index in [2.05, 4.69) is 26.3 Å². The number of unbranched alkanes of at least 4 members (excludes halogenated alkanes) is 2. The minimum Gasteiger partial charge on any atom is -0.385 e. The summed E-state index contributed by atoms with van der Waals surface area (Å²) in [7, 11) is 5.66. The molecule has 0 aromatic carbocycles. The molecule has 0 bridgehead atoms. The van der Waals surface area contributed by atoms with Crippen LogP contribution in [0.15, 0.2) is 15.5 Å². The molecule has 0 spiro atoms. The molecule has 0 saturated carbocycles. The molecule has 1 heterocycles. The lowest BCUT2D eigenvalue weighted by Gasteiger charge is -2.12. The van der Waals surface area contributed by atoms with Crippen molar-refractivity contribution in [2.75, 3.05) is 46.2 Å². The third-order valence-electron chi connectivity index (χ3n) is 3.08. The molecule has 120 valence electrons. The zero-order valence-corrected chi connectivity index (χ0v) is 14.6. The second kappa shape index (κ2) is 9.92. The topological polar surface area (TPSA) is 59.4 Å². The molecule has 0 aliphatic rings. The lowest BCUT2D eigenvalue weighted by atomic mass is 10.2. The van der Waals surface area contributed by atoms with Gasteiger partial charge < -0.3 is 15.0 Å². The molecule has 0 aliphatic carbocycles. The second-order valence-electron chi connectivity index (χ2n) is 5.18. The van der Waals surface area contributed by atoms with Crippen molar-refractivity contribution in [3.63, 3.8) is 0 Å². The highest BCUT2D eigenvalue weighted by Crippen LogP contribution is 2.16. The average molecular weight is 361 g/mol. The summed E-state index contributed by atoms with van der Waals surface area (Å²) in [6.45, 7) is 2.99. The van der Waals surface area contributed by atoms with Crippen molar-refractivity contribution < 1.29 is 4.74 Å². The fourth-order valence-electron chi connectivity index (χ4n) is 1.81. The molecule has 0 fully saturated rings. The van der Waals surface area contributed by atoms with E-state index >= 15 is 0 Å². The molecule has 21 heavy (non-hydrogen) atoms. The van der Waals surface area contributed by atoms with Gasteiger partial charge in [0.25, 0.3) is 5.56 Å². The summed E-state index contributed by atoms with van der Waals surface area (Å²) < 4.78 is 7.04. The first-order valence-corrected chi connectivity index (χ1v) is 7.98. The van der Waals surface area contributed by atoms with E-state index in [1.807, 2.05) is 19.0 Å². The molecule has 1 aromatic heterocycles. The van der Waals surface area contributed by atoms with E-state index in [4.69, 9.17) is 4.74 Å². The van der Waals surface area contributed by atoms with Crippen molar-refractivity contribution in [3.8, 4) is 0 Å². The fraction of sp³-hybridized carbons (Fsp3) is 0.714. The second-order valence-corrected chi connectivity index (χ2v) is 5.98. The normalized spacial score (nSPS) is 11.1. The SMILES string of the molecule is COCCCCCNc1cnn(CCN(C)C)c(=O)c1Br. The van der Waals surface area contributed by atoms with Crippen molar-refractivity contribution in [2.24, 2.45) is 0 Å². The number of hydrogen-bond acceptors (Lipinski definition) is 5. The number of ether oxygens (including phenoxy) is 1. The largest absolute Gasteiger partial charge is 0.385 e. The first-order valence-electron chi connectivity index (χ1n) is 7.19. The molecule has 6 nitrogen and oxygen atoms in total. The van der Waals surface area contributed by atoms with Gasteiger partial charge in [0.1, 0.15) is 4.47 Å². The summed E-state index contributed by atoms with van der Waals surface area (Å²) in [4.78, 5) is 14.2. The maximum atomic E-state index is 12.2. The van der Waals surface area contributed by atoms with Gasteiger partial charge in [-0.2, -0.15) is 5.10 Å². The number of anilines is 1. The Balaban J connectivity index is 2.49. The number of nitrogens with zero attached hydrogens (tertiary/aromatic N) is 3. The number of aromatic nitrogens is 2. The number of rotatable bonds is 10. The van der Waals surface area contributed by atoms with Gasteiger partial charge >= 0.3 is 0 Å². The quantitative estimate of drug-likeness (QED) is 0.644. The van der Waals surface area contributed by atoms with Gasteiger partial charge in [0.15, 0.2) is 0 Å². The van der Waals surface area contributed by atoms with E-state index in [0.717, 1.165) is 44.6 Å². The zero-order chi connectivity index (χ0) is 15.7. The lowest BCUT2D eigenvalue weighted by molar-refractivity contribution is 0.192. The van der Waals surface area contributed by atoms with Gasteiger partial charge in [-0.05, 0) is 49.3 Å². The van der Waals surface area contributed by atoms with Gasteiger partial charge in [-0.3, -0.25) is 4.79 Å². The third-order valence-corrected chi connectivity index (χ3v) is 3.85. The fourth-order valence-corrected chi connectivity index (χ4v) is 2.26. The molecule has 1 N–H and O–H groups in total. The summed E-state index contributed by atoms with van der Waals surface area (Å²) >= 11 is 3.36. The molecular formula is C14H25BrN4O2. The van der Waals surface area contributed by atoms with Crippen molar-refractivity contribution in [2.45, 2.75) is 25.8 Å². The van der Waals surface area contributed by atoms with Crippen LogP contribution in [0.5, 0.6) is 0 Å². The highest BCUT2D eigenvalue weighted by molar-refractivity contribution is 9.10. The molecule has 0 unspecified atom stereocenters. The van der Waals surface area contributed by atoms with Crippen LogP contribution in [-0.2, 0) is 11.3 Å². The number of halogens is 1. The molecule has 0 amide bonds. The van der Waals surface area contributed by atoms with Crippen molar-refractivity contribution in [1.82, 2.24) is 14.7 Å². The lowest BCUT2D eigenvalue weighted by Crippen LogP contribution is -2.29. The van der Waals surface area contributed by atoms with Crippen LogP contribution in [-0.4, -0.2) is 55.6 Å². The van der Waals surface area contributed by atoms with Gasteiger partial charge in [-0.25, -0.2) is 4.68 Å². The first-order chi connectivity index (χ1) is 10.1. The van der Waals surface area contributed by atoms with Crippen LogP contribution < -0.4 is 10.9 Å². The summed E-state index contributed by atoms with van der Waals surface area (Å²) in [5.41, 5.74) is 0.661. The Morgan fingerprint density at radius 3 is 2.81 bits per heavy atom. The van der Waals surface area contributed by atoms with Crippen LogP contribution in [0, 0.1) is 0 Å². The van der Waals surface area contributed by atoms with Crippen LogP contribution in [0.1, 0.15) is 19.3 Å². The van der Waals surface area contributed by atoms with E-state index in [-0.39, 0.29) is 5.56 Å². The molecule has 0 aliphatic heterocycles. The third kappa shape index (κ3) is 6.58. The Bertz CT molecular complexity index is 477. The monoisotopic (exact) mass is 360 g/mol.